The summed E-state index contributed by atoms with van der Waals surface area (Å²) in [6, 6.07) is 0. The fraction of sp³-hybridized carbons (Fsp3) is 0.222. The normalized spacial score (nSPS) is 18.8. The van der Waals surface area contributed by atoms with Crippen molar-refractivity contribution in [3.05, 3.63) is 42.5 Å². The van der Waals surface area contributed by atoms with Crippen LogP contribution in [-0.2, 0) is 20.0 Å². The predicted octanol–water partition coefficient (Wildman–Crippen LogP) is 2.23. The van der Waals surface area contributed by atoms with Gasteiger partial charge in [0.25, 0.3) is 0 Å². The molecule has 0 unspecified atom stereocenters. The maximum absolute atomic E-state index is 4.58. The molecule has 0 N–H and O–H groups in total. The van der Waals surface area contributed by atoms with Gasteiger partial charge in [-0.25, -0.2) is 0 Å². The molecule has 0 spiro atoms. The van der Waals surface area contributed by atoms with Gasteiger partial charge in [-0.3, -0.25) is 0 Å². The summed E-state index contributed by atoms with van der Waals surface area (Å²) in [7, 11) is 6.56. The quantitative estimate of drug-likeness (QED) is 0.597. The maximum atomic E-state index is 4.58. The number of allylic oxidation sites excluding steroid dienone is 4. The standard InChI is InChI=1S/C9H10N2.Au.ClH/c1-8-4-3-5-9-6-10(2)7-11(8)9;;/h3-6H,1-2H3;;1H/q;+1;/p-1. The molecule has 0 fully saturated rings. The molecule has 2 heterocycles. The van der Waals surface area contributed by atoms with Gasteiger partial charge in [0.05, 0.1) is 5.70 Å². The molecule has 0 aromatic rings. The monoisotopic (exact) mass is 378 g/mol. The molecule has 0 amide bonds. The van der Waals surface area contributed by atoms with Crippen molar-refractivity contribution in [1.82, 2.24) is 9.80 Å². The fourth-order valence-corrected chi connectivity index (χ4v) is 1.26. The minimum atomic E-state index is 1.19. The zero-order valence-corrected chi connectivity index (χ0v) is 10.3. The second kappa shape index (κ2) is 4.91. The third-order valence-corrected chi connectivity index (χ3v) is 1.80. The van der Waals surface area contributed by atoms with E-state index in [1.54, 1.807) is 20.0 Å². The Labute approximate surface area is 95.3 Å². The van der Waals surface area contributed by atoms with E-state index in [1.165, 1.54) is 11.4 Å². The Kier molecular flexibility index (Phi) is 4.13. The second-order valence-corrected chi connectivity index (χ2v) is 2.77. The van der Waals surface area contributed by atoms with Gasteiger partial charge in [0.1, 0.15) is 0 Å². The summed E-state index contributed by atoms with van der Waals surface area (Å²) >= 11 is 1.75. The van der Waals surface area contributed by atoms with Crippen molar-refractivity contribution in [2.24, 2.45) is 0 Å². The second-order valence-electron chi connectivity index (χ2n) is 2.77. The molecule has 2 rings (SSSR count). The Balaban J connectivity index is 0.000000396. The van der Waals surface area contributed by atoms with Crippen molar-refractivity contribution in [2.75, 3.05) is 7.05 Å². The number of hydrogen-bond acceptors (Lipinski definition) is 2. The van der Waals surface area contributed by atoms with Crippen LogP contribution in [0.15, 0.2) is 35.8 Å². The molecule has 0 saturated heterocycles. The van der Waals surface area contributed by atoms with E-state index in [9.17, 15) is 0 Å². The SMILES string of the molecule is CC1=CC=CC2=CN(C)[C]N12.[Cl][Au]. The Morgan fingerprint density at radius 2 is 2.15 bits per heavy atom. The van der Waals surface area contributed by atoms with E-state index in [2.05, 4.69) is 41.0 Å². The Morgan fingerprint density at radius 1 is 1.46 bits per heavy atom. The molecule has 74 valence electrons. The van der Waals surface area contributed by atoms with Crippen molar-refractivity contribution < 1.29 is 20.0 Å². The molecule has 2 radical (unpaired) electrons. The van der Waals surface area contributed by atoms with Gasteiger partial charge in [0, 0.05) is 18.9 Å². The predicted molar refractivity (Wildman–Crippen MR) is 49.7 cm³/mol. The van der Waals surface area contributed by atoms with Crippen molar-refractivity contribution >= 4 is 9.19 Å². The molecule has 4 heteroatoms. The molecule has 2 aliphatic rings. The summed E-state index contributed by atoms with van der Waals surface area (Å²) in [4.78, 5) is 3.97. The number of fused-ring (bicyclic) bond motifs is 1. The summed E-state index contributed by atoms with van der Waals surface area (Å²) in [5, 5.41) is 0. The van der Waals surface area contributed by atoms with Crippen LogP contribution in [0.4, 0.5) is 0 Å². The third kappa shape index (κ3) is 2.41. The molecule has 0 bridgehead atoms. The molecule has 13 heavy (non-hydrogen) atoms. The molecular formula is C9H10AuClN2. The van der Waals surface area contributed by atoms with Crippen LogP contribution < -0.4 is 0 Å². The van der Waals surface area contributed by atoms with E-state index < -0.39 is 0 Å². The Morgan fingerprint density at radius 3 is 2.77 bits per heavy atom. The van der Waals surface area contributed by atoms with Crippen LogP contribution >= 0.6 is 9.19 Å². The van der Waals surface area contributed by atoms with Crippen LogP contribution in [0.2, 0.25) is 0 Å². The van der Waals surface area contributed by atoms with E-state index in [-0.39, 0.29) is 0 Å². The first-order valence-electron chi connectivity index (χ1n) is 3.75. The van der Waals surface area contributed by atoms with Gasteiger partial charge in [0.2, 0.25) is 6.67 Å². The van der Waals surface area contributed by atoms with Crippen molar-refractivity contribution in [3.63, 3.8) is 0 Å². The van der Waals surface area contributed by atoms with Crippen LogP contribution in [0, 0.1) is 6.67 Å². The summed E-state index contributed by atoms with van der Waals surface area (Å²) in [6.45, 7) is 5.23. The first kappa shape index (κ1) is 10.9. The Bertz CT molecular complexity index is 271. The summed E-state index contributed by atoms with van der Waals surface area (Å²) < 4.78 is 0. The number of rotatable bonds is 0. The topological polar surface area (TPSA) is 6.48 Å². The average molecular weight is 379 g/mol. The van der Waals surface area contributed by atoms with E-state index in [1.807, 2.05) is 23.0 Å². The Hall–Kier alpha value is -0.150. The van der Waals surface area contributed by atoms with Crippen LogP contribution in [0.5, 0.6) is 0 Å². The first-order valence-corrected chi connectivity index (χ1v) is 6.43. The first-order chi connectivity index (χ1) is 6.27. The van der Waals surface area contributed by atoms with Crippen molar-refractivity contribution in [1.29, 1.82) is 0 Å². The summed E-state index contributed by atoms with van der Waals surface area (Å²) in [6.07, 6.45) is 8.25. The van der Waals surface area contributed by atoms with Crippen molar-refractivity contribution in [2.45, 2.75) is 6.92 Å². The van der Waals surface area contributed by atoms with Gasteiger partial charge in [0.15, 0.2) is 0 Å². The zero-order chi connectivity index (χ0) is 9.84. The van der Waals surface area contributed by atoms with Gasteiger partial charge >= 0.3 is 29.2 Å². The van der Waals surface area contributed by atoms with Crippen LogP contribution in [0.3, 0.4) is 0 Å². The fourth-order valence-electron chi connectivity index (χ4n) is 1.26. The van der Waals surface area contributed by atoms with Gasteiger partial charge in [-0.1, -0.05) is 6.08 Å². The van der Waals surface area contributed by atoms with Crippen LogP contribution in [0.25, 0.3) is 0 Å². The molecular weight excluding hydrogens is 369 g/mol. The number of nitrogens with zero attached hydrogens (tertiary/aromatic N) is 2. The van der Waals surface area contributed by atoms with Gasteiger partial charge in [-0.2, -0.15) is 0 Å². The molecule has 0 aromatic carbocycles. The van der Waals surface area contributed by atoms with Gasteiger partial charge in [-0.15, -0.1) is 0 Å². The van der Waals surface area contributed by atoms with Gasteiger partial charge < -0.3 is 9.80 Å². The van der Waals surface area contributed by atoms with Crippen LogP contribution in [-0.4, -0.2) is 16.8 Å². The average Bonchev–Trinajstić information content (AvgIpc) is 2.51. The summed E-state index contributed by atoms with van der Waals surface area (Å²) in [5.74, 6) is 0. The molecule has 0 atom stereocenters. The van der Waals surface area contributed by atoms with E-state index >= 15 is 0 Å². The van der Waals surface area contributed by atoms with E-state index in [0.717, 1.165) is 0 Å². The van der Waals surface area contributed by atoms with Crippen LogP contribution in [0.1, 0.15) is 6.92 Å². The number of hydrogen-bond donors (Lipinski definition) is 0. The molecule has 0 aliphatic carbocycles. The van der Waals surface area contributed by atoms with E-state index in [0.29, 0.717) is 0 Å². The number of halogens is 1. The van der Waals surface area contributed by atoms with E-state index in [4.69, 9.17) is 0 Å². The third-order valence-electron chi connectivity index (χ3n) is 1.80. The zero-order valence-electron chi connectivity index (χ0n) is 7.38. The summed E-state index contributed by atoms with van der Waals surface area (Å²) in [5.41, 5.74) is 2.40. The molecule has 0 saturated carbocycles. The van der Waals surface area contributed by atoms with Crippen molar-refractivity contribution in [3.8, 4) is 0 Å². The minimum absolute atomic E-state index is 1.19. The molecule has 2 aliphatic heterocycles. The molecule has 2 nitrogen and oxygen atoms in total. The molecule has 0 aromatic heterocycles. The van der Waals surface area contributed by atoms with Gasteiger partial charge in [-0.05, 0) is 19.1 Å².